The van der Waals surface area contributed by atoms with E-state index in [1.807, 2.05) is 26.8 Å². The van der Waals surface area contributed by atoms with Gasteiger partial charge in [-0.15, -0.1) is 0 Å². The molecule has 0 heterocycles. The summed E-state index contributed by atoms with van der Waals surface area (Å²) in [6.07, 6.45) is 0. The summed E-state index contributed by atoms with van der Waals surface area (Å²) in [5, 5.41) is 12.6. The van der Waals surface area contributed by atoms with Crippen LogP contribution in [0.1, 0.15) is 42.3 Å². The number of hydrogen-bond acceptors (Lipinski definition) is 5. The highest BCUT2D eigenvalue weighted by Gasteiger charge is 2.21. The van der Waals surface area contributed by atoms with E-state index in [9.17, 15) is 23.1 Å². The van der Waals surface area contributed by atoms with Gasteiger partial charge in [-0.1, -0.05) is 32.9 Å². The molecule has 0 atom stereocenters. The van der Waals surface area contributed by atoms with Crippen molar-refractivity contribution in [1.29, 1.82) is 0 Å². The Morgan fingerprint density at radius 2 is 1.64 bits per heavy atom. The van der Waals surface area contributed by atoms with Gasteiger partial charge < -0.3 is 15.2 Å². The molecule has 150 valence electrons. The zero-order valence-electron chi connectivity index (χ0n) is 16.2. The molecule has 0 unspecified atom stereocenters. The first-order chi connectivity index (χ1) is 12.9. The number of rotatable bonds is 6. The zero-order chi connectivity index (χ0) is 21.1. The molecule has 28 heavy (non-hydrogen) atoms. The Morgan fingerprint density at radius 3 is 2.18 bits per heavy atom. The second kappa shape index (κ2) is 8.02. The standard InChI is InChI=1S/C20H24N2O5S/c1-13-5-8-15(20(2,3)4)11-17(13)28(26,27)22-16-9-6-14(7-10-16)19(25)21-12-18(23)24/h5-11,22H,12H2,1-4H3,(H,21,25)(H,23,24)/p-1. The molecule has 0 saturated heterocycles. The molecule has 0 aliphatic carbocycles. The number of carbonyl (C=O) groups excluding carboxylic acids is 2. The maximum Gasteiger partial charge on any atom is 0.262 e. The fourth-order valence-corrected chi connectivity index (χ4v) is 3.84. The lowest BCUT2D eigenvalue weighted by Crippen LogP contribution is -2.37. The second-order valence-electron chi connectivity index (χ2n) is 7.47. The van der Waals surface area contributed by atoms with E-state index in [1.54, 1.807) is 19.1 Å². The maximum atomic E-state index is 12.8. The molecule has 0 spiro atoms. The summed E-state index contributed by atoms with van der Waals surface area (Å²) in [5.41, 5.74) is 1.82. The molecule has 0 saturated carbocycles. The van der Waals surface area contributed by atoms with Gasteiger partial charge in [-0.2, -0.15) is 0 Å². The Morgan fingerprint density at radius 1 is 1.04 bits per heavy atom. The van der Waals surface area contributed by atoms with Crippen LogP contribution < -0.4 is 15.1 Å². The van der Waals surface area contributed by atoms with Gasteiger partial charge in [-0.3, -0.25) is 9.52 Å². The summed E-state index contributed by atoms with van der Waals surface area (Å²) in [6, 6.07) is 11.0. The normalized spacial score (nSPS) is 11.7. The molecule has 0 fully saturated rings. The summed E-state index contributed by atoms with van der Waals surface area (Å²) < 4.78 is 28.2. The van der Waals surface area contributed by atoms with Crippen molar-refractivity contribution in [3.63, 3.8) is 0 Å². The van der Waals surface area contributed by atoms with Gasteiger partial charge in [0.2, 0.25) is 0 Å². The van der Waals surface area contributed by atoms with Crippen molar-refractivity contribution in [3.05, 3.63) is 59.2 Å². The van der Waals surface area contributed by atoms with Crippen LogP contribution in [-0.2, 0) is 20.2 Å². The number of aryl methyl sites for hydroxylation is 1. The monoisotopic (exact) mass is 403 g/mol. The number of hydrogen-bond donors (Lipinski definition) is 2. The molecule has 1 amide bonds. The zero-order valence-corrected chi connectivity index (χ0v) is 17.0. The topological polar surface area (TPSA) is 115 Å². The molecule has 2 aromatic carbocycles. The fraction of sp³-hybridized carbons (Fsp3) is 0.300. The van der Waals surface area contributed by atoms with Crippen LogP contribution in [0.3, 0.4) is 0 Å². The number of carboxylic acid groups (broad SMARTS) is 1. The van der Waals surface area contributed by atoms with E-state index in [-0.39, 0.29) is 21.6 Å². The summed E-state index contributed by atoms with van der Waals surface area (Å²) in [6.45, 7) is 7.14. The average molecular weight is 403 g/mol. The highest BCUT2D eigenvalue weighted by molar-refractivity contribution is 7.92. The minimum atomic E-state index is -3.82. The van der Waals surface area contributed by atoms with Crippen molar-refractivity contribution < 1.29 is 23.1 Å². The predicted octanol–water partition coefficient (Wildman–Crippen LogP) is 1.57. The molecule has 0 aliphatic rings. The van der Waals surface area contributed by atoms with Crippen molar-refractivity contribution >= 4 is 27.6 Å². The number of anilines is 1. The summed E-state index contributed by atoms with van der Waals surface area (Å²) in [5.74, 6) is -1.99. The summed E-state index contributed by atoms with van der Waals surface area (Å²) in [7, 11) is -3.82. The summed E-state index contributed by atoms with van der Waals surface area (Å²) >= 11 is 0. The number of sulfonamides is 1. The van der Waals surface area contributed by atoms with E-state index in [0.717, 1.165) is 5.56 Å². The SMILES string of the molecule is Cc1ccc(C(C)(C)C)cc1S(=O)(=O)Nc1ccc(C(=O)NCC(=O)[O-])cc1. The van der Waals surface area contributed by atoms with Gasteiger partial charge in [0, 0.05) is 11.3 Å². The van der Waals surface area contributed by atoms with Gasteiger partial charge in [0.25, 0.3) is 15.9 Å². The van der Waals surface area contributed by atoms with Crippen LogP contribution in [0.5, 0.6) is 0 Å². The molecule has 8 heteroatoms. The molecule has 2 N–H and O–H groups in total. The van der Waals surface area contributed by atoms with E-state index in [1.165, 1.54) is 24.3 Å². The average Bonchev–Trinajstić information content (AvgIpc) is 2.59. The lowest BCUT2D eigenvalue weighted by molar-refractivity contribution is -0.303. The Labute approximate surface area is 164 Å². The minimum Gasteiger partial charge on any atom is -0.548 e. The van der Waals surface area contributed by atoms with Gasteiger partial charge in [0.15, 0.2) is 0 Å². The smallest absolute Gasteiger partial charge is 0.262 e. The lowest BCUT2D eigenvalue weighted by Gasteiger charge is -2.21. The highest BCUT2D eigenvalue weighted by atomic mass is 32.2. The number of amides is 1. The molecule has 0 bridgehead atoms. The number of carboxylic acids is 1. The highest BCUT2D eigenvalue weighted by Crippen LogP contribution is 2.27. The van der Waals surface area contributed by atoms with E-state index in [4.69, 9.17) is 0 Å². The van der Waals surface area contributed by atoms with Gasteiger partial charge in [0.1, 0.15) is 0 Å². The molecule has 2 rings (SSSR count). The van der Waals surface area contributed by atoms with Gasteiger partial charge >= 0.3 is 0 Å². The first-order valence-corrected chi connectivity index (χ1v) is 10.1. The van der Waals surface area contributed by atoms with Crippen molar-refractivity contribution in [1.82, 2.24) is 5.32 Å². The van der Waals surface area contributed by atoms with E-state index >= 15 is 0 Å². The third kappa shape index (κ3) is 5.32. The Hall–Kier alpha value is -2.87. The Bertz CT molecular complexity index is 990. The third-order valence-electron chi connectivity index (χ3n) is 4.14. The Balaban J connectivity index is 2.23. The first kappa shape index (κ1) is 21.4. The first-order valence-electron chi connectivity index (χ1n) is 8.62. The molecule has 7 nitrogen and oxygen atoms in total. The van der Waals surface area contributed by atoms with Crippen LogP contribution in [0.4, 0.5) is 5.69 Å². The van der Waals surface area contributed by atoms with Crippen LogP contribution in [0.15, 0.2) is 47.4 Å². The van der Waals surface area contributed by atoms with Gasteiger partial charge in [0.05, 0.1) is 17.4 Å². The van der Waals surface area contributed by atoms with Crippen molar-refractivity contribution in [2.75, 3.05) is 11.3 Å². The maximum absolute atomic E-state index is 12.8. The van der Waals surface area contributed by atoms with Crippen molar-refractivity contribution in [2.24, 2.45) is 0 Å². The van der Waals surface area contributed by atoms with E-state index in [0.29, 0.717) is 5.56 Å². The van der Waals surface area contributed by atoms with Crippen LogP contribution in [0.2, 0.25) is 0 Å². The van der Waals surface area contributed by atoms with E-state index in [2.05, 4.69) is 10.0 Å². The van der Waals surface area contributed by atoms with Crippen LogP contribution in [0.25, 0.3) is 0 Å². The summed E-state index contributed by atoms with van der Waals surface area (Å²) in [4.78, 5) is 22.4. The largest absolute Gasteiger partial charge is 0.548 e. The quantitative estimate of drug-likeness (QED) is 0.760. The molecule has 0 aliphatic heterocycles. The Kier molecular flexibility index (Phi) is 6.14. The van der Waals surface area contributed by atoms with Crippen molar-refractivity contribution in [3.8, 4) is 0 Å². The lowest BCUT2D eigenvalue weighted by atomic mass is 9.87. The van der Waals surface area contributed by atoms with Gasteiger partial charge in [-0.05, 0) is 53.8 Å². The van der Waals surface area contributed by atoms with Crippen LogP contribution in [0, 0.1) is 6.92 Å². The number of nitrogens with one attached hydrogen (secondary N) is 2. The molecule has 0 aromatic heterocycles. The van der Waals surface area contributed by atoms with E-state index < -0.39 is 28.4 Å². The number of benzene rings is 2. The fourth-order valence-electron chi connectivity index (χ4n) is 2.51. The van der Waals surface area contributed by atoms with Crippen LogP contribution in [-0.4, -0.2) is 26.8 Å². The number of aliphatic carboxylic acids is 1. The molecular weight excluding hydrogens is 380 g/mol. The second-order valence-corrected chi connectivity index (χ2v) is 9.12. The number of carbonyl (C=O) groups is 2. The van der Waals surface area contributed by atoms with Crippen LogP contribution >= 0.6 is 0 Å². The molecule has 2 aromatic rings. The minimum absolute atomic E-state index is 0.190. The third-order valence-corrected chi connectivity index (χ3v) is 5.66. The predicted molar refractivity (Wildman–Crippen MR) is 104 cm³/mol. The molecule has 0 radical (unpaired) electrons. The molecular formula is C20H23N2O5S-. The van der Waals surface area contributed by atoms with Crippen molar-refractivity contribution in [2.45, 2.75) is 38.0 Å². The van der Waals surface area contributed by atoms with Gasteiger partial charge in [-0.25, -0.2) is 8.42 Å².